The van der Waals surface area contributed by atoms with E-state index in [0.29, 0.717) is 6.54 Å². The zero-order valence-corrected chi connectivity index (χ0v) is 12.7. The van der Waals surface area contributed by atoms with Crippen LogP contribution in [0.15, 0.2) is 53.4 Å². The number of hydrogen-bond donors (Lipinski definition) is 1. The van der Waals surface area contributed by atoms with Crippen molar-refractivity contribution in [2.75, 3.05) is 12.8 Å². The van der Waals surface area contributed by atoms with Crippen molar-refractivity contribution in [2.24, 2.45) is 0 Å². The van der Waals surface area contributed by atoms with Crippen LogP contribution in [0.25, 0.3) is 0 Å². The molecule has 3 heteroatoms. The molecule has 0 aliphatic carbocycles. The Hall–Kier alpha value is -1.74. The number of carbonyl (C=O) groups is 1. The molecule has 0 aliphatic heterocycles. The number of carbonyl (C=O) groups excluding carboxylic acids is 1. The van der Waals surface area contributed by atoms with Gasteiger partial charge in [-0.05, 0) is 42.9 Å². The summed E-state index contributed by atoms with van der Waals surface area (Å²) in [5, 5.41) is 2.99. The van der Waals surface area contributed by atoms with Gasteiger partial charge in [-0.2, -0.15) is 0 Å². The van der Waals surface area contributed by atoms with E-state index in [-0.39, 0.29) is 5.91 Å². The predicted octanol–water partition coefficient (Wildman–Crippen LogP) is 3.69. The lowest BCUT2D eigenvalue weighted by molar-refractivity contribution is 0.0953. The van der Waals surface area contributed by atoms with Crippen LogP contribution < -0.4 is 5.32 Å². The third-order valence-electron chi connectivity index (χ3n) is 3.23. The molecule has 0 fully saturated rings. The highest BCUT2D eigenvalue weighted by Crippen LogP contribution is 2.19. The van der Waals surface area contributed by atoms with Crippen LogP contribution in [0, 0.1) is 6.92 Å². The number of thioether (sulfide) groups is 1. The molecule has 1 N–H and O–H groups in total. The van der Waals surface area contributed by atoms with Crippen molar-refractivity contribution < 1.29 is 4.79 Å². The summed E-state index contributed by atoms with van der Waals surface area (Å²) in [5.74, 6) is 0.00864. The molecule has 0 spiro atoms. The number of amides is 1. The molecule has 0 radical (unpaired) electrons. The summed E-state index contributed by atoms with van der Waals surface area (Å²) in [7, 11) is 0. The second-order valence-electron chi connectivity index (χ2n) is 4.67. The van der Waals surface area contributed by atoms with Gasteiger partial charge in [0.2, 0.25) is 0 Å². The Kier molecular flexibility index (Phi) is 5.24. The fourth-order valence-electron chi connectivity index (χ4n) is 2.03. The van der Waals surface area contributed by atoms with Gasteiger partial charge < -0.3 is 5.32 Å². The first-order valence-electron chi connectivity index (χ1n) is 6.67. The van der Waals surface area contributed by atoms with Gasteiger partial charge in [0.05, 0.1) is 0 Å². The third-order valence-corrected chi connectivity index (χ3v) is 3.96. The van der Waals surface area contributed by atoms with E-state index in [9.17, 15) is 4.79 Å². The molecule has 0 aromatic heterocycles. The number of benzene rings is 2. The molecule has 20 heavy (non-hydrogen) atoms. The number of rotatable bonds is 5. The van der Waals surface area contributed by atoms with Crippen molar-refractivity contribution in [3.8, 4) is 0 Å². The maximum absolute atomic E-state index is 12.2. The first-order valence-corrected chi connectivity index (χ1v) is 7.90. The van der Waals surface area contributed by atoms with Crippen molar-refractivity contribution in [3.63, 3.8) is 0 Å². The van der Waals surface area contributed by atoms with E-state index in [0.717, 1.165) is 22.4 Å². The molecular weight excluding hydrogens is 266 g/mol. The molecule has 104 valence electrons. The summed E-state index contributed by atoms with van der Waals surface area (Å²) >= 11 is 1.65. The minimum atomic E-state index is 0.00864. The highest BCUT2D eigenvalue weighted by atomic mass is 32.2. The SMILES string of the molecule is CSc1ccc(C)c(C(=O)NCCc2ccccc2)c1. The fourth-order valence-corrected chi connectivity index (χ4v) is 2.47. The van der Waals surface area contributed by atoms with Crippen molar-refractivity contribution in [1.82, 2.24) is 5.32 Å². The lowest BCUT2D eigenvalue weighted by Gasteiger charge is -2.09. The number of nitrogens with one attached hydrogen (secondary N) is 1. The molecule has 1 amide bonds. The fraction of sp³-hybridized carbons (Fsp3) is 0.235. The van der Waals surface area contributed by atoms with Crippen molar-refractivity contribution in [1.29, 1.82) is 0 Å². The quantitative estimate of drug-likeness (QED) is 0.849. The molecule has 0 unspecified atom stereocenters. The second-order valence-corrected chi connectivity index (χ2v) is 5.55. The largest absolute Gasteiger partial charge is 0.352 e. The van der Waals surface area contributed by atoms with E-state index in [1.54, 1.807) is 11.8 Å². The van der Waals surface area contributed by atoms with Gasteiger partial charge >= 0.3 is 0 Å². The molecule has 2 aromatic carbocycles. The summed E-state index contributed by atoms with van der Waals surface area (Å²) in [6.07, 6.45) is 2.87. The number of hydrogen-bond acceptors (Lipinski definition) is 2. The molecule has 0 saturated heterocycles. The minimum Gasteiger partial charge on any atom is -0.352 e. The van der Waals surface area contributed by atoms with Crippen LogP contribution in [-0.4, -0.2) is 18.7 Å². The lowest BCUT2D eigenvalue weighted by atomic mass is 10.1. The van der Waals surface area contributed by atoms with Crippen LogP contribution in [0.4, 0.5) is 0 Å². The van der Waals surface area contributed by atoms with Gasteiger partial charge in [0.1, 0.15) is 0 Å². The Morgan fingerprint density at radius 1 is 1.15 bits per heavy atom. The molecule has 0 heterocycles. The van der Waals surface area contributed by atoms with Gasteiger partial charge in [-0.1, -0.05) is 36.4 Å². The number of aryl methyl sites for hydroxylation is 1. The van der Waals surface area contributed by atoms with E-state index in [1.165, 1.54) is 5.56 Å². The van der Waals surface area contributed by atoms with Crippen molar-refractivity contribution >= 4 is 17.7 Å². The van der Waals surface area contributed by atoms with Gasteiger partial charge in [0.25, 0.3) is 5.91 Å². The van der Waals surface area contributed by atoms with Crippen LogP contribution in [0.3, 0.4) is 0 Å². The smallest absolute Gasteiger partial charge is 0.251 e. The topological polar surface area (TPSA) is 29.1 Å². The van der Waals surface area contributed by atoms with E-state index >= 15 is 0 Å². The highest BCUT2D eigenvalue weighted by molar-refractivity contribution is 7.98. The van der Waals surface area contributed by atoms with E-state index < -0.39 is 0 Å². The third kappa shape index (κ3) is 3.87. The average Bonchev–Trinajstić information content (AvgIpc) is 2.48. The summed E-state index contributed by atoms with van der Waals surface area (Å²) < 4.78 is 0. The van der Waals surface area contributed by atoms with Gasteiger partial charge in [-0.3, -0.25) is 4.79 Å². The zero-order valence-electron chi connectivity index (χ0n) is 11.8. The predicted molar refractivity (Wildman–Crippen MR) is 85.4 cm³/mol. The standard InChI is InChI=1S/C17H19NOS/c1-13-8-9-15(20-2)12-16(13)17(19)18-11-10-14-6-4-3-5-7-14/h3-9,12H,10-11H2,1-2H3,(H,18,19). The summed E-state index contributed by atoms with van der Waals surface area (Å²) in [6.45, 7) is 2.63. The first-order chi connectivity index (χ1) is 9.70. The van der Waals surface area contributed by atoms with Crippen molar-refractivity contribution in [3.05, 3.63) is 65.2 Å². The Morgan fingerprint density at radius 3 is 2.60 bits per heavy atom. The van der Waals surface area contributed by atoms with Gasteiger partial charge in [-0.15, -0.1) is 11.8 Å². The highest BCUT2D eigenvalue weighted by Gasteiger charge is 2.09. The maximum atomic E-state index is 12.2. The van der Waals surface area contributed by atoms with Crippen LogP contribution in [0.1, 0.15) is 21.5 Å². The Labute approximate surface area is 124 Å². The molecule has 0 atom stereocenters. The normalized spacial score (nSPS) is 10.3. The van der Waals surface area contributed by atoms with Crippen LogP contribution in [0.2, 0.25) is 0 Å². The Balaban J connectivity index is 1.95. The molecule has 2 aromatic rings. The summed E-state index contributed by atoms with van der Waals surface area (Å²) in [6, 6.07) is 16.2. The molecule has 2 nitrogen and oxygen atoms in total. The maximum Gasteiger partial charge on any atom is 0.251 e. The molecular formula is C17H19NOS. The molecule has 2 rings (SSSR count). The van der Waals surface area contributed by atoms with Crippen LogP contribution in [0.5, 0.6) is 0 Å². The Morgan fingerprint density at radius 2 is 1.90 bits per heavy atom. The monoisotopic (exact) mass is 285 g/mol. The van der Waals surface area contributed by atoms with Gasteiger partial charge in [-0.25, -0.2) is 0 Å². The molecule has 0 bridgehead atoms. The Bertz CT molecular complexity index is 581. The lowest BCUT2D eigenvalue weighted by Crippen LogP contribution is -2.26. The van der Waals surface area contributed by atoms with E-state index in [1.807, 2.05) is 49.6 Å². The van der Waals surface area contributed by atoms with E-state index in [2.05, 4.69) is 17.4 Å². The summed E-state index contributed by atoms with van der Waals surface area (Å²) in [4.78, 5) is 13.3. The van der Waals surface area contributed by atoms with Crippen LogP contribution >= 0.6 is 11.8 Å². The van der Waals surface area contributed by atoms with E-state index in [4.69, 9.17) is 0 Å². The zero-order chi connectivity index (χ0) is 14.4. The van der Waals surface area contributed by atoms with Crippen LogP contribution in [-0.2, 0) is 6.42 Å². The van der Waals surface area contributed by atoms with Gasteiger partial charge in [0.15, 0.2) is 0 Å². The van der Waals surface area contributed by atoms with Gasteiger partial charge in [0, 0.05) is 17.0 Å². The summed E-state index contributed by atoms with van der Waals surface area (Å²) in [5.41, 5.74) is 3.02. The first kappa shape index (κ1) is 14.7. The molecule has 0 aliphatic rings. The second kappa shape index (κ2) is 7.15. The van der Waals surface area contributed by atoms with Crippen molar-refractivity contribution in [2.45, 2.75) is 18.2 Å². The average molecular weight is 285 g/mol. The minimum absolute atomic E-state index is 0.00864. The molecule has 0 saturated carbocycles.